The van der Waals surface area contributed by atoms with Crippen LogP contribution in [-0.4, -0.2) is 84.1 Å². The van der Waals surface area contributed by atoms with E-state index < -0.39 is 17.7 Å². The van der Waals surface area contributed by atoms with Crippen molar-refractivity contribution >= 4 is 46.2 Å². The van der Waals surface area contributed by atoms with Crippen molar-refractivity contribution in [2.45, 2.75) is 44.0 Å². The van der Waals surface area contributed by atoms with Crippen LogP contribution in [0, 0.1) is 0 Å². The molecular weight excluding hydrogens is 609 g/mol. The zero-order valence-electron chi connectivity index (χ0n) is 23.9. The third kappa shape index (κ3) is 5.68. The molecule has 2 aromatic carbocycles. The Morgan fingerprint density at radius 3 is 2.39 bits per heavy atom. The Morgan fingerprint density at radius 2 is 1.73 bits per heavy atom. The topological polar surface area (TPSA) is 130 Å². The zero-order valence-corrected chi connectivity index (χ0v) is 25.4. The van der Waals surface area contributed by atoms with Gasteiger partial charge < -0.3 is 19.8 Å². The first-order chi connectivity index (χ1) is 21.0. The Morgan fingerprint density at radius 1 is 1.05 bits per heavy atom. The summed E-state index contributed by atoms with van der Waals surface area (Å²) >= 11 is 12.5. The average molecular weight is 641 g/mol. The average Bonchev–Trinajstić information content (AvgIpc) is 3.35. The zero-order chi connectivity index (χ0) is 31.2. The van der Waals surface area contributed by atoms with E-state index in [1.54, 1.807) is 51.9 Å². The van der Waals surface area contributed by atoms with E-state index >= 15 is 0 Å². The number of piperidine rings is 1. The van der Waals surface area contributed by atoms with Crippen LogP contribution in [0.4, 0.5) is 4.79 Å². The van der Waals surface area contributed by atoms with Gasteiger partial charge in [0.25, 0.3) is 11.5 Å². The molecule has 2 N–H and O–H groups in total. The highest BCUT2D eigenvalue weighted by Crippen LogP contribution is 2.31. The molecule has 44 heavy (non-hydrogen) atoms. The summed E-state index contributed by atoms with van der Waals surface area (Å²) in [6, 6.07) is 14.8. The van der Waals surface area contributed by atoms with E-state index in [9.17, 15) is 24.6 Å². The van der Waals surface area contributed by atoms with E-state index in [0.29, 0.717) is 59.8 Å². The minimum absolute atomic E-state index is 0.0250. The van der Waals surface area contributed by atoms with Crippen molar-refractivity contribution in [3.05, 3.63) is 92.6 Å². The second-order valence-corrected chi connectivity index (χ2v) is 12.2. The van der Waals surface area contributed by atoms with Crippen molar-refractivity contribution in [3.63, 3.8) is 0 Å². The lowest BCUT2D eigenvalue weighted by Crippen LogP contribution is -2.49. The molecule has 0 aliphatic carbocycles. The van der Waals surface area contributed by atoms with Gasteiger partial charge in [-0.05, 0) is 67.8 Å². The van der Waals surface area contributed by atoms with E-state index in [2.05, 4.69) is 4.98 Å². The molecule has 11 nitrogen and oxygen atoms in total. The molecule has 6 rings (SSSR count). The maximum Gasteiger partial charge on any atom is 0.408 e. The first-order valence-corrected chi connectivity index (χ1v) is 15.0. The predicted octanol–water partition coefficient (Wildman–Crippen LogP) is 4.60. The highest BCUT2D eigenvalue weighted by molar-refractivity contribution is 6.31. The van der Waals surface area contributed by atoms with Crippen molar-refractivity contribution in [2.24, 2.45) is 0 Å². The Balaban J connectivity index is 1.19. The lowest BCUT2D eigenvalue weighted by molar-refractivity contribution is -0.0329. The SMILES string of the molecule is C[C@@H]1COC[C@H](c2ccc(-n3c(Cl)cc4c(=O)n(CC5(O)CCN(C(=O)c6ccc(Cl)cc6)CC5)cnc43)cc2)N1C(=O)O. The van der Waals surface area contributed by atoms with Crippen LogP contribution < -0.4 is 5.56 Å². The van der Waals surface area contributed by atoms with Crippen LogP contribution in [-0.2, 0) is 11.3 Å². The maximum atomic E-state index is 13.5. The molecule has 0 spiro atoms. The molecular formula is C31H31Cl2N5O6. The van der Waals surface area contributed by atoms with Gasteiger partial charge in [-0.2, -0.15) is 0 Å². The molecule has 13 heteroatoms. The van der Waals surface area contributed by atoms with Gasteiger partial charge in [-0.1, -0.05) is 35.3 Å². The van der Waals surface area contributed by atoms with Crippen LogP contribution in [0.15, 0.2) is 65.7 Å². The van der Waals surface area contributed by atoms with Crippen LogP contribution in [0.3, 0.4) is 0 Å². The summed E-state index contributed by atoms with van der Waals surface area (Å²) in [6.45, 7) is 3.12. The first kappa shape index (κ1) is 30.1. The molecule has 2 aliphatic heterocycles. The molecule has 4 aromatic rings. The molecule has 230 valence electrons. The fourth-order valence-corrected chi connectivity index (χ4v) is 6.48. The molecule has 0 unspecified atom stereocenters. The van der Waals surface area contributed by atoms with Crippen molar-refractivity contribution in [1.82, 2.24) is 23.9 Å². The number of ether oxygens (including phenoxy) is 1. The fraction of sp³-hybridized carbons (Fsp3) is 0.355. The van der Waals surface area contributed by atoms with Crippen LogP contribution >= 0.6 is 23.2 Å². The van der Waals surface area contributed by atoms with Gasteiger partial charge in [0.15, 0.2) is 5.65 Å². The van der Waals surface area contributed by atoms with Gasteiger partial charge in [0.05, 0.1) is 42.8 Å². The number of carboxylic acid groups (broad SMARTS) is 1. The number of carbonyl (C=O) groups excluding carboxylic acids is 1. The molecule has 0 radical (unpaired) electrons. The smallest absolute Gasteiger partial charge is 0.408 e. The van der Waals surface area contributed by atoms with Crippen LogP contribution in [0.2, 0.25) is 10.2 Å². The number of likely N-dealkylation sites (tertiary alicyclic amines) is 1. The first-order valence-electron chi connectivity index (χ1n) is 14.3. The van der Waals surface area contributed by atoms with Crippen LogP contribution in [0.5, 0.6) is 0 Å². The van der Waals surface area contributed by atoms with Gasteiger partial charge in [0.1, 0.15) is 11.5 Å². The number of halogens is 2. The normalized spacial score (nSPS) is 20.2. The Bertz CT molecular complexity index is 1760. The van der Waals surface area contributed by atoms with Gasteiger partial charge in [0.2, 0.25) is 0 Å². The Hall–Kier alpha value is -3.90. The Kier molecular flexibility index (Phi) is 8.14. The quantitative estimate of drug-likeness (QED) is 0.326. The van der Waals surface area contributed by atoms with Gasteiger partial charge in [-0.3, -0.25) is 23.6 Å². The number of fused-ring (bicyclic) bond motifs is 1. The van der Waals surface area contributed by atoms with Crippen LogP contribution in [0.25, 0.3) is 16.7 Å². The number of hydrogen-bond donors (Lipinski definition) is 2. The highest BCUT2D eigenvalue weighted by atomic mass is 35.5. The van der Waals surface area contributed by atoms with E-state index in [0.717, 1.165) is 5.56 Å². The molecule has 2 atom stereocenters. The van der Waals surface area contributed by atoms with E-state index in [-0.39, 0.29) is 35.8 Å². The van der Waals surface area contributed by atoms with E-state index in [4.69, 9.17) is 27.9 Å². The number of carbonyl (C=O) groups is 2. The largest absolute Gasteiger partial charge is 0.465 e. The second-order valence-electron chi connectivity index (χ2n) is 11.4. The van der Waals surface area contributed by atoms with E-state index in [1.165, 1.54) is 15.8 Å². The number of hydrogen-bond acceptors (Lipinski definition) is 6. The van der Waals surface area contributed by atoms with Crippen LogP contribution in [0.1, 0.15) is 41.7 Å². The molecule has 2 aromatic heterocycles. The van der Waals surface area contributed by atoms with Gasteiger partial charge >= 0.3 is 6.09 Å². The summed E-state index contributed by atoms with van der Waals surface area (Å²) in [5, 5.41) is 22.2. The second kappa shape index (κ2) is 11.9. The number of morpholine rings is 1. The van der Waals surface area contributed by atoms with Gasteiger partial charge in [-0.25, -0.2) is 9.78 Å². The number of amides is 2. The maximum absolute atomic E-state index is 13.5. The van der Waals surface area contributed by atoms with Gasteiger partial charge in [-0.15, -0.1) is 0 Å². The number of benzene rings is 2. The molecule has 2 amide bonds. The number of aromatic nitrogens is 3. The van der Waals surface area contributed by atoms with E-state index in [1.807, 2.05) is 19.1 Å². The summed E-state index contributed by atoms with van der Waals surface area (Å²) in [6.07, 6.45) is 1.00. The molecule has 0 bridgehead atoms. The van der Waals surface area contributed by atoms with Crippen molar-refractivity contribution in [3.8, 4) is 5.69 Å². The minimum atomic E-state index is -1.19. The summed E-state index contributed by atoms with van der Waals surface area (Å²) in [5.41, 5.74) is 0.789. The lowest BCUT2D eigenvalue weighted by atomic mass is 9.91. The third-order valence-corrected chi connectivity index (χ3v) is 9.01. The van der Waals surface area contributed by atoms with Crippen molar-refractivity contribution in [2.75, 3.05) is 26.3 Å². The van der Waals surface area contributed by atoms with Crippen molar-refractivity contribution in [1.29, 1.82) is 0 Å². The third-order valence-electron chi connectivity index (χ3n) is 8.48. The molecule has 2 fully saturated rings. The highest BCUT2D eigenvalue weighted by Gasteiger charge is 2.36. The molecule has 4 heterocycles. The lowest BCUT2D eigenvalue weighted by Gasteiger charge is -2.38. The summed E-state index contributed by atoms with van der Waals surface area (Å²) in [7, 11) is 0. The summed E-state index contributed by atoms with van der Waals surface area (Å²) in [5.74, 6) is -0.131. The minimum Gasteiger partial charge on any atom is -0.465 e. The number of rotatable bonds is 5. The summed E-state index contributed by atoms with van der Waals surface area (Å²) in [4.78, 5) is 45.9. The fourth-order valence-electron chi connectivity index (χ4n) is 6.06. The van der Waals surface area contributed by atoms with Gasteiger partial charge in [0, 0.05) is 29.4 Å². The Labute approximate surface area is 262 Å². The van der Waals surface area contributed by atoms with Crippen molar-refractivity contribution < 1.29 is 24.5 Å². The molecule has 2 aliphatic rings. The molecule has 0 saturated carbocycles. The number of nitrogens with zero attached hydrogens (tertiary/aromatic N) is 5. The molecule has 2 saturated heterocycles. The summed E-state index contributed by atoms with van der Waals surface area (Å²) < 4.78 is 8.65. The number of aliphatic hydroxyl groups is 1. The monoisotopic (exact) mass is 639 g/mol. The predicted molar refractivity (Wildman–Crippen MR) is 165 cm³/mol. The standard InChI is InChI=1S/C31H31Cl2N5O6/c1-19-15-44-16-25(37(19)30(41)42)20-4-8-23(9-5-20)38-26(33)14-24-27(38)34-18-36(29(24)40)17-31(43)10-12-35(13-11-31)28(39)21-2-6-22(32)7-3-21/h2-9,14,18-19,25,43H,10-13,15-17H2,1H3,(H,41,42)/t19-,25-/m1/s1.